The Balaban J connectivity index is 2.27. The predicted molar refractivity (Wildman–Crippen MR) is 94.1 cm³/mol. The molecule has 0 aliphatic heterocycles. The smallest absolute Gasteiger partial charge is 0.207 e. The Kier molecular flexibility index (Phi) is 6.44. The van der Waals surface area contributed by atoms with Gasteiger partial charge in [0.1, 0.15) is 12.1 Å². The van der Waals surface area contributed by atoms with E-state index in [0.717, 1.165) is 47.8 Å². The molecule has 0 aromatic heterocycles. The van der Waals surface area contributed by atoms with Gasteiger partial charge in [-0.3, -0.25) is 0 Å². The molecule has 1 aromatic carbocycles. The lowest BCUT2D eigenvalue weighted by molar-refractivity contribution is -0.121. The number of nitriles is 1. The van der Waals surface area contributed by atoms with E-state index < -0.39 is 43.2 Å². The second-order valence-corrected chi connectivity index (χ2v) is 10.3. The van der Waals surface area contributed by atoms with Crippen molar-refractivity contribution < 1.29 is 30.0 Å². The molecule has 0 heterocycles. The van der Waals surface area contributed by atoms with Crippen molar-refractivity contribution in [3.63, 3.8) is 0 Å². The minimum atomic E-state index is -4.72. The highest BCUT2D eigenvalue weighted by Crippen LogP contribution is 2.35. The Morgan fingerprint density at radius 3 is 2.04 bits per heavy atom. The van der Waals surface area contributed by atoms with Crippen molar-refractivity contribution >= 4 is 20.0 Å². The summed E-state index contributed by atoms with van der Waals surface area (Å²) in [4.78, 5) is -0.740. The van der Waals surface area contributed by atoms with Crippen LogP contribution in [-0.4, -0.2) is 46.4 Å². The zero-order chi connectivity index (χ0) is 21.2. The van der Waals surface area contributed by atoms with Gasteiger partial charge in [-0.1, -0.05) is 19.3 Å². The molecule has 2 rings (SSSR count). The molecule has 0 atom stereocenters. The standard InChI is InChI=1S/C16H20F3N3O4S2/c1-22(15(11-20)9-3-2-4-10-15)28(25,26)14-7-5-13(6-8-14)27(23,24)21-12-16(17,18)19/h5-8,21H,2-4,9-10,12H2,1H3. The molecule has 1 aliphatic carbocycles. The maximum absolute atomic E-state index is 12.9. The van der Waals surface area contributed by atoms with Gasteiger partial charge in [0.15, 0.2) is 0 Å². The summed E-state index contributed by atoms with van der Waals surface area (Å²) in [6.45, 7) is -1.73. The van der Waals surface area contributed by atoms with E-state index in [1.165, 1.54) is 11.8 Å². The third kappa shape index (κ3) is 4.83. The third-order valence-electron chi connectivity index (χ3n) is 4.75. The molecular weight excluding hydrogens is 419 g/mol. The minimum absolute atomic E-state index is 0.245. The normalized spacial score (nSPS) is 18.0. The van der Waals surface area contributed by atoms with Crippen LogP contribution in [0, 0.1) is 11.3 Å². The number of nitrogens with zero attached hydrogens (tertiary/aromatic N) is 2. The average molecular weight is 439 g/mol. The number of hydrogen-bond donors (Lipinski definition) is 1. The van der Waals surface area contributed by atoms with E-state index in [1.54, 1.807) is 0 Å². The topological polar surface area (TPSA) is 107 Å². The minimum Gasteiger partial charge on any atom is -0.207 e. The van der Waals surface area contributed by atoms with Gasteiger partial charge in [0.2, 0.25) is 20.0 Å². The van der Waals surface area contributed by atoms with E-state index in [9.17, 15) is 35.3 Å². The fourth-order valence-electron chi connectivity index (χ4n) is 3.07. The molecule has 1 aromatic rings. The summed E-state index contributed by atoms with van der Waals surface area (Å²) in [5, 5.41) is 9.56. The fraction of sp³-hybridized carbons (Fsp3) is 0.562. The summed E-state index contributed by atoms with van der Waals surface area (Å²) in [5.74, 6) is 0. The van der Waals surface area contributed by atoms with E-state index in [0.29, 0.717) is 12.8 Å². The van der Waals surface area contributed by atoms with Crippen molar-refractivity contribution in [2.75, 3.05) is 13.6 Å². The Bertz CT molecular complexity index is 946. The van der Waals surface area contributed by atoms with E-state index in [4.69, 9.17) is 0 Å². The van der Waals surface area contributed by atoms with Gasteiger partial charge in [-0.15, -0.1) is 0 Å². The van der Waals surface area contributed by atoms with Gasteiger partial charge >= 0.3 is 6.18 Å². The molecule has 0 amide bonds. The highest BCUT2D eigenvalue weighted by molar-refractivity contribution is 7.89. The highest BCUT2D eigenvalue weighted by atomic mass is 32.2. The van der Waals surface area contributed by atoms with Gasteiger partial charge in [-0.05, 0) is 37.1 Å². The summed E-state index contributed by atoms with van der Waals surface area (Å²) in [6.07, 6.45) is -1.58. The van der Waals surface area contributed by atoms with Crippen LogP contribution in [0.4, 0.5) is 13.2 Å². The molecule has 1 N–H and O–H groups in total. The van der Waals surface area contributed by atoms with Gasteiger partial charge in [0, 0.05) is 7.05 Å². The second kappa shape index (κ2) is 7.98. The molecular formula is C16H20F3N3O4S2. The van der Waals surface area contributed by atoms with Crippen LogP contribution in [0.2, 0.25) is 0 Å². The van der Waals surface area contributed by atoms with Gasteiger partial charge in [0.25, 0.3) is 0 Å². The molecule has 1 saturated carbocycles. The number of sulfonamides is 2. The van der Waals surface area contributed by atoms with Gasteiger partial charge < -0.3 is 0 Å². The molecule has 28 heavy (non-hydrogen) atoms. The number of alkyl halides is 3. The van der Waals surface area contributed by atoms with Crippen LogP contribution >= 0.6 is 0 Å². The maximum Gasteiger partial charge on any atom is 0.402 e. The number of nitrogens with one attached hydrogen (secondary N) is 1. The molecule has 12 heteroatoms. The summed E-state index contributed by atoms with van der Waals surface area (Å²) in [6, 6.07) is 5.93. The lowest BCUT2D eigenvalue weighted by atomic mass is 9.83. The molecule has 0 radical (unpaired) electrons. The van der Waals surface area contributed by atoms with Crippen LogP contribution in [0.15, 0.2) is 34.1 Å². The number of benzene rings is 1. The zero-order valence-electron chi connectivity index (χ0n) is 15.0. The van der Waals surface area contributed by atoms with E-state index in [1.807, 2.05) is 0 Å². The maximum atomic E-state index is 12.9. The SMILES string of the molecule is CN(C1(C#N)CCCCC1)S(=O)(=O)c1ccc(S(=O)(=O)NCC(F)(F)F)cc1. The van der Waals surface area contributed by atoms with Gasteiger partial charge in [-0.2, -0.15) is 22.7 Å². The molecule has 1 fully saturated rings. The molecule has 0 bridgehead atoms. The van der Waals surface area contributed by atoms with E-state index in [2.05, 4.69) is 6.07 Å². The Morgan fingerprint density at radius 1 is 1.07 bits per heavy atom. The second-order valence-electron chi connectivity index (χ2n) is 6.59. The van der Waals surface area contributed by atoms with Crippen LogP contribution in [0.5, 0.6) is 0 Å². The molecule has 7 nitrogen and oxygen atoms in total. The Hall–Kier alpha value is -1.68. The summed E-state index contributed by atoms with van der Waals surface area (Å²) in [5.41, 5.74) is -1.17. The van der Waals surface area contributed by atoms with Crippen molar-refractivity contribution in [2.24, 2.45) is 0 Å². The predicted octanol–water partition coefficient (Wildman–Crippen LogP) is 2.37. The monoisotopic (exact) mass is 439 g/mol. The molecule has 0 saturated heterocycles. The largest absolute Gasteiger partial charge is 0.402 e. The van der Waals surface area contributed by atoms with E-state index >= 15 is 0 Å². The first-order valence-corrected chi connectivity index (χ1v) is 11.3. The molecule has 156 valence electrons. The first kappa shape index (κ1) is 22.6. The van der Waals surface area contributed by atoms with Crippen molar-refractivity contribution in [3.8, 4) is 6.07 Å². The first-order valence-electron chi connectivity index (χ1n) is 8.41. The van der Waals surface area contributed by atoms with Crippen LogP contribution in [0.1, 0.15) is 32.1 Å². The van der Waals surface area contributed by atoms with Crippen molar-refractivity contribution in [1.29, 1.82) is 5.26 Å². The van der Waals surface area contributed by atoms with Gasteiger partial charge in [0.05, 0.1) is 15.9 Å². The molecule has 1 aliphatic rings. The highest BCUT2D eigenvalue weighted by Gasteiger charge is 2.43. The van der Waals surface area contributed by atoms with Crippen LogP contribution in [0.25, 0.3) is 0 Å². The average Bonchev–Trinajstić information content (AvgIpc) is 2.66. The summed E-state index contributed by atoms with van der Waals surface area (Å²) < 4.78 is 88.6. The molecule has 0 spiro atoms. The number of halogens is 3. The Morgan fingerprint density at radius 2 is 1.57 bits per heavy atom. The fourth-order valence-corrected chi connectivity index (χ4v) is 5.57. The lowest BCUT2D eigenvalue weighted by Crippen LogP contribution is -2.49. The van der Waals surface area contributed by atoms with E-state index in [-0.39, 0.29) is 4.90 Å². The lowest BCUT2D eigenvalue weighted by Gasteiger charge is -2.38. The number of hydrogen-bond acceptors (Lipinski definition) is 5. The third-order valence-corrected chi connectivity index (χ3v) is 8.10. The Labute approximate surface area is 162 Å². The van der Waals surface area contributed by atoms with Gasteiger partial charge in [-0.25, -0.2) is 21.6 Å². The summed E-state index contributed by atoms with van der Waals surface area (Å²) in [7, 11) is -7.23. The van der Waals surface area contributed by atoms with Crippen molar-refractivity contribution in [2.45, 2.75) is 53.6 Å². The zero-order valence-corrected chi connectivity index (χ0v) is 16.7. The first-order chi connectivity index (χ1) is 12.8. The van der Waals surface area contributed by atoms with Crippen molar-refractivity contribution in [1.82, 2.24) is 9.03 Å². The molecule has 0 unspecified atom stereocenters. The number of rotatable bonds is 6. The van der Waals surface area contributed by atoms with Crippen molar-refractivity contribution in [3.05, 3.63) is 24.3 Å². The van der Waals surface area contributed by atoms with Crippen LogP contribution < -0.4 is 4.72 Å². The van der Waals surface area contributed by atoms with Crippen LogP contribution in [0.3, 0.4) is 0 Å². The summed E-state index contributed by atoms with van der Waals surface area (Å²) >= 11 is 0. The van der Waals surface area contributed by atoms with Crippen LogP contribution in [-0.2, 0) is 20.0 Å². The quantitative estimate of drug-likeness (QED) is 0.732.